The third-order valence-corrected chi connectivity index (χ3v) is 3.16. The lowest BCUT2D eigenvalue weighted by molar-refractivity contribution is -0.384. The van der Waals surface area contributed by atoms with Crippen LogP contribution in [0.3, 0.4) is 0 Å². The molecule has 0 saturated heterocycles. The Labute approximate surface area is 140 Å². The Morgan fingerprint density at radius 2 is 1.67 bits per heavy atom. The van der Waals surface area contributed by atoms with Crippen LogP contribution >= 0.6 is 0 Å². The molecule has 0 heterocycles. The van der Waals surface area contributed by atoms with Gasteiger partial charge in [0.2, 0.25) is 0 Å². The van der Waals surface area contributed by atoms with Gasteiger partial charge in [0.05, 0.1) is 4.92 Å². The summed E-state index contributed by atoms with van der Waals surface area (Å²) in [5.74, 6) is -0.444. The zero-order valence-electron chi connectivity index (χ0n) is 13.9. The number of para-hydroxylation sites is 1. The molecule has 1 atom stereocenters. The first-order valence-electron chi connectivity index (χ1n) is 7.55. The van der Waals surface area contributed by atoms with E-state index in [1.807, 2.05) is 30.3 Å². The predicted octanol–water partition coefficient (Wildman–Crippen LogP) is 4.09. The van der Waals surface area contributed by atoms with Crippen LogP contribution in [-0.4, -0.2) is 16.5 Å². The number of carbonyl (C=O) groups excluding carboxylic acids is 1. The normalized spacial score (nSPS) is 12.3. The van der Waals surface area contributed by atoms with Crippen molar-refractivity contribution in [2.24, 2.45) is 0 Å². The van der Waals surface area contributed by atoms with E-state index in [4.69, 9.17) is 4.74 Å². The first-order chi connectivity index (χ1) is 11.3. The van der Waals surface area contributed by atoms with Gasteiger partial charge in [-0.15, -0.1) is 0 Å². The van der Waals surface area contributed by atoms with E-state index in [9.17, 15) is 14.9 Å². The van der Waals surface area contributed by atoms with Gasteiger partial charge in [-0.2, -0.15) is 0 Å². The van der Waals surface area contributed by atoms with Gasteiger partial charge in [0.15, 0.2) is 6.04 Å². The largest absolute Gasteiger partial charge is 0.458 e. The van der Waals surface area contributed by atoms with Gasteiger partial charge < -0.3 is 10.1 Å². The Morgan fingerprint density at radius 3 is 2.17 bits per heavy atom. The summed E-state index contributed by atoms with van der Waals surface area (Å²) in [6.45, 7) is 5.38. The second-order valence-corrected chi connectivity index (χ2v) is 6.33. The van der Waals surface area contributed by atoms with Gasteiger partial charge >= 0.3 is 5.97 Å². The Kier molecular flexibility index (Phi) is 5.18. The molecule has 6 nitrogen and oxygen atoms in total. The minimum atomic E-state index is -0.757. The molecule has 0 amide bonds. The molecule has 24 heavy (non-hydrogen) atoms. The number of carbonyl (C=O) groups is 1. The molecule has 0 radical (unpaired) electrons. The lowest BCUT2D eigenvalue weighted by Gasteiger charge is -2.25. The zero-order valence-corrected chi connectivity index (χ0v) is 13.9. The summed E-state index contributed by atoms with van der Waals surface area (Å²) in [5, 5.41) is 13.9. The molecule has 6 heteroatoms. The molecule has 2 aromatic carbocycles. The number of nitrogens with one attached hydrogen (secondary N) is 1. The van der Waals surface area contributed by atoms with E-state index < -0.39 is 22.5 Å². The Bertz CT molecular complexity index is 706. The summed E-state index contributed by atoms with van der Waals surface area (Å²) in [7, 11) is 0. The van der Waals surface area contributed by atoms with E-state index in [1.54, 1.807) is 32.9 Å². The second-order valence-electron chi connectivity index (χ2n) is 6.33. The molecule has 1 unspecified atom stereocenters. The van der Waals surface area contributed by atoms with Crippen molar-refractivity contribution < 1.29 is 14.5 Å². The molecule has 0 spiro atoms. The highest BCUT2D eigenvalue weighted by Crippen LogP contribution is 2.25. The second kappa shape index (κ2) is 7.12. The summed E-state index contributed by atoms with van der Waals surface area (Å²) >= 11 is 0. The van der Waals surface area contributed by atoms with E-state index in [-0.39, 0.29) is 5.69 Å². The van der Waals surface area contributed by atoms with Gasteiger partial charge in [-0.3, -0.25) is 10.1 Å². The minimum Gasteiger partial charge on any atom is -0.458 e. The average molecular weight is 328 g/mol. The molecule has 0 bridgehead atoms. The molecule has 0 aliphatic carbocycles. The first-order valence-corrected chi connectivity index (χ1v) is 7.55. The number of anilines is 1. The minimum absolute atomic E-state index is 0.0265. The number of nitro benzene ring substituents is 1. The van der Waals surface area contributed by atoms with Gasteiger partial charge in [0.25, 0.3) is 5.69 Å². The number of nitrogens with zero attached hydrogens (tertiary/aromatic N) is 1. The smallest absolute Gasteiger partial charge is 0.333 e. The van der Waals surface area contributed by atoms with Crippen LogP contribution in [0, 0.1) is 10.1 Å². The van der Waals surface area contributed by atoms with Crippen LogP contribution in [-0.2, 0) is 9.53 Å². The highest BCUT2D eigenvalue weighted by molar-refractivity contribution is 5.81. The number of non-ortho nitro benzene ring substituents is 1. The molecular formula is C18H20N2O4. The number of hydrogen-bond donors (Lipinski definition) is 1. The van der Waals surface area contributed by atoms with Crippen molar-refractivity contribution in [1.29, 1.82) is 0 Å². The summed E-state index contributed by atoms with van der Waals surface area (Å²) in [6.07, 6.45) is 0. The fraction of sp³-hybridized carbons (Fsp3) is 0.278. The average Bonchev–Trinajstić information content (AvgIpc) is 2.52. The third-order valence-electron chi connectivity index (χ3n) is 3.16. The SMILES string of the molecule is CC(C)(C)OC(=O)C(Nc1ccccc1)c1ccc([N+](=O)[O-])cc1. The fourth-order valence-electron chi connectivity index (χ4n) is 2.13. The number of nitro groups is 1. The van der Waals surface area contributed by atoms with E-state index in [2.05, 4.69) is 5.32 Å². The molecule has 0 aromatic heterocycles. The van der Waals surface area contributed by atoms with Gasteiger partial charge in [-0.1, -0.05) is 18.2 Å². The molecule has 1 N–H and O–H groups in total. The van der Waals surface area contributed by atoms with Crippen LogP contribution < -0.4 is 5.32 Å². The molecule has 2 aromatic rings. The van der Waals surface area contributed by atoms with Gasteiger partial charge in [0.1, 0.15) is 5.60 Å². The highest BCUT2D eigenvalue weighted by Gasteiger charge is 2.27. The highest BCUT2D eigenvalue weighted by atomic mass is 16.6. The molecule has 126 valence electrons. The molecule has 0 aliphatic rings. The summed E-state index contributed by atoms with van der Waals surface area (Å²) in [5.41, 5.74) is 0.695. The summed E-state index contributed by atoms with van der Waals surface area (Å²) in [6, 6.07) is 14.4. The van der Waals surface area contributed by atoms with Crippen LogP contribution in [0.4, 0.5) is 11.4 Å². The maximum atomic E-state index is 12.6. The molecule has 0 saturated carbocycles. The molecule has 2 rings (SSSR count). The van der Waals surface area contributed by atoms with Crippen molar-refractivity contribution in [3.05, 3.63) is 70.3 Å². The van der Waals surface area contributed by atoms with Gasteiger partial charge in [-0.05, 0) is 50.6 Å². The number of benzene rings is 2. The van der Waals surface area contributed by atoms with E-state index in [1.165, 1.54) is 12.1 Å². The summed E-state index contributed by atoms with van der Waals surface area (Å²) in [4.78, 5) is 22.9. The maximum absolute atomic E-state index is 12.6. The van der Waals surface area contributed by atoms with Crippen molar-refractivity contribution in [3.63, 3.8) is 0 Å². The molecule has 0 aliphatic heterocycles. The number of hydrogen-bond acceptors (Lipinski definition) is 5. The lowest BCUT2D eigenvalue weighted by atomic mass is 10.1. The lowest BCUT2D eigenvalue weighted by Crippen LogP contribution is -2.31. The van der Waals surface area contributed by atoms with Crippen molar-refractivity contribution in [2.75, 3.05) is 5.32 Å². The molecular weight excluding hydrogens is 308 g/mol. The van der Waals surface area contributed by atoms with Crippen LogP contribution in [0.2, 0.25) is 0 Å². The van der Waals surface area contributed by atoms with Gasteiger partial charge in [0, 0.05) is 17.8 Å². The van der Waals surface area contributed by atoms with Crippen LogP contribution in [0.25, 0.3) is 0 Å². The van der Waals surface area contributed by atoms with E-state index in [0.717, 1.165) is 5.69 Å². The fourth-order valence-corrected chi connectivity index (χ4v) is 2.13. The molecule has 0 fully saturated rings. The quantitative estimate of drug-likeness (QED) is 0.508. The third kappa shape index (κ3) is 4.81. The Hall–Kier alpha value is -2.89. The maximum Gasteiger partial charge on any atom is 0.333 e. The first kappa shape index (κ1) is 17.5. The van der Waals surface area contributed by atoms with Crippen molar-refractivity contribution in [2.45, 2.75) is 32.4 Å². The monoisotopic (exact) mass is 328 g/mol. The number of rotatable bonds is 5. The predicted molar refractivity (Wildman–Crippen MR) is 91.7 cm³/mol. The van der Waals surface area contributed by atoms with Crippen LogP contribution in [0.1, 0.15) is 32.4 Å². The van der Waals surface area contributed by atoms with E-state index >= 15 is 0 Å². The number of ether oxygens (including phenoxy) is 1. The van der Waals surface area contributed by atoms with Crippen molar-refractivity contribution >= 4 is 17.3 Å². The number of esters is 1. The Balaban J connectivity index is 2.31. The topological polar surface area (TPSA) is 81.5 Å². The Morgan fingerprint density at radius 1 is 1.08 bits per heavy atom. The summed E-state index contributed by atoms with van der Waals surface area (Å²) < 4.78 is 5.47. The zero-order chi connectivity index (χ0) is 17.7. The van der Waals surface area contributed by atoms with Crippen molar-refractivity contribution in [3.8, 4) is 0 Å². The van der Waals surface area contributed by atoms with Crippen LogP contribution in [0.15, 0.2) is 54.6 Å². The van der Waals surface area contributed by atoms with E-state index in [0.29, 0.717) is 5.56 Å². The standard InChI is InChI=1S/C18H20N2O4/c1-18(2,3)24-17(21)16(19-14-7-5-4-6-8-14)13-9-11-15(12-10-13)20(22)23/h4-12,16,19H,1-3H3. The van der Waals surface area contributed by atoms with Crippen LogP contribution in [0.5, 0.6) is 0 Å². The van der Waals surface area contributed by atoms with Gasteiger partial charge in [-0.25, -0.2) is 4.79 Å². The van der Waals surface area contributed by atoms with Crippen molar-refractivity contribution in [1.82, 2.24) is 0 Å².